The van der Waals surface area contributed by atoms with Crippen molar-refractivity contribution in [3.8, 4) is 17.0 Å². The van der Waals surface area contributed by atoms with Crippen LogP contribution in [-0.4, -0.2) is 45.4 Å². The zero-order valence-corrected chi connectivity index (χ0v) is 20.8. The second kappa shape index (κ2) is 10.1. The van der Waals surface area contributed by atoms with Gasteiger partial charge in [0.05, 0.1) is 12.8 Å². The number of methoxy groups -OCH3 is 1. The van der Waals surface area contributed by atoms with Gasteiger partial charge in [0.2, 0.25) is 10.9 Å². The molecule has 2 aromatic carbocycles. The first-order valence-electron chi connectivity index (χ1n) is 11.1. The molecule has 0 aliphatic heterocycles. The summed E-state index contributed by atoms with van der Waals surface area (Å²) in [4.78, 5) is 30.7. The number of nitrogens with one attached hydrogen (secondary N) is 2. The van der Waals surface area contributed by atoms with Crippen LogP contribution >= 0.6 is 11.3 Å². The molecule has 2 amide bonds. The van der Waals surface area contributed by atoms with E-state index in [2.05, 4.69) is 20.7 Å². The van der Waals surface area contributed by atoms with Crippen molar-refractivity contribution < 1.29 is 19.1 Å². The van der Waals surface area contributed by atoms with E-state index in [1.165, 1.54) is 11.3 Å². The highest BCUT2D eigenvalue weighted by molar-refractivity contribution is 7.15. The van der Waals surface area contributed by atoms with Gasteiger partial charge < -0.3 is 14.8 Å². The van der Waals surface area contributed by atoms with Gasteiger partial charge in [0, 0.05) is 17.4 Å². The van der Waals surface area contributed by atoms with Gasteiger partial charge in [-0.2, -0.15) is 4.98 Å². The molecule has 182 valence electrons. The van der Waals surface area contributed by atoms with Crippen molar-refractivity contribution in [1.29, 1.82) is 0 Å². The number of para-hydroxylation sites is 1. The summed E-state index contributed by atoms with van der Waals surface area (Å²) in [7, 11) is 1.61. The van der Waals surface area contributed by atoms with Gasteiger partial charge in [-0.1, -0.05) is 42.5 Å². The Morgan fingerprint density at radius 2 is 1.80 bits per heavy atom. The molecule has 0 fully saturated rings. The number of thiazole rings is 1. The minimum absolute atomic E-state index is 0.141. The number of hydrogen-bond donors (Lipinski definition) is 2. The van der Waals surface area contributed by atoms with E-state index in [1.807, 2.05) is 60.0 Å². The number of alkyl carbamates (subject to hydrolysis) is 1. The molecule has 35 heavy (non-hydrogen) atoms. The molecule has 2 N–H and O–H groups in total. The molecule has 0 bridgehead atoms. The van der Waals surface area contributed by atoms with Crippen molar-refractivity contribution in [3.63, 3.8) is 0 Å². The number of amides is 2. The van der Waals surface area contributed by atoms with Crippen LogP contribution in [0.3, 0.4) is 0 Å². The minimum atomic E-state index is -0.887. The van der Waals surface area contributed by atoms with Gasteiger partial charge in [-0.15, -0.1) is 16.4 Å². The van der Waals surface area contributed by atoms with Crippen molar-refractivity contribution in [1.82, 2.24) is 19.9 Å². The van der Waals surface area contributed by atoms with Gasteiger partial charge in [-0.05, 0) is 38.5 Å². The highest BCUT2D eigenvalue weighted by Gasteiger charge is 2.26. The number of rotatable bonds is 7. The lowest BCUT2D eigenvalue weighted by atomic mass is 10.1. The number of ether oxygens (including phenoxy) is 2. The van der Waals surface area contributed by atoms with Crippen LogP contribution in [-0.2, 0) is 16.0 Å². The van der Waals surface area contributed by atoms with Gasteiger partial charge in [-0.25, -0.2) is 9.31 Å². The molecule has 2 aromatic heterocycles. The van der Waals surface area contributed by atoms with E-state index < -0.39 is 23.6 Å². The number of nitrogens with zero attached hydrogens (tertiary/aromatic N) is 3. The Bertz CT molecular complexity index is 1330. The molecule has 1 atom stereocenters. The maximum atomic E-state index is 13.2. The van der Waals surface area contributed by atoms with Crippen LogP contribution in [0.4, 0.5) is 10.7 Å². The first kappa shape index (κ1) is 24.2. The Balaban J connectivity index is 1.56. The lowest BCUT2D eigenvalue weighted by Crippen LogP contribution is -2.47. The third kappa shape index (κ3) is 5.96. The molecule has 0 saturated carbocycles. The standard InChI is InChI=1S/C25H27N5O4S/c1-25(2,3)34-24(32)26-18(14-16-10-6-5-7-11-16)21(31)27-22-28-23-30(29-22)19(15-35-23)17-12-8-9-13-20(17)33-4/h5-13,15,18H,14H2,1-4H3,(H,26,32)(H,27,29,31). The Labute approximate surface area is 207 Å². The monoisotopic (exact) mass is 493 g/mol. The van der Waals surface area contributed by atoms with Crippen molar-refractivity contribution in [2.45, 2.75) is 38.8 Å². The fourth-order valence-electron chi connectivity index (χ4n) is 3.48. The summed E-state index contributed by atoms with van der Waals surface area (Å²) >= 11 is 1.40. The maximum Gasteiger partial charge on any atom is 0.408 e. The molecule has 0 saturated heterocycles. The van der Waals surface area contributed by atoms with E-state index in [-0.39, 0.29) is 12.4 Å². The number of fused-ring (bicyclic) bond motifs is 1. The number of carbonyl (C=O) groups is 2. The molecule has 1 unspecified atom stereocenters. The Morgan fingerprint density at radius 3 is 2.51 bits per heavy atom. The van der Waals surface area contributed by atoms with Crippen LogP contribution in [0.5, 0.6) is 5.75 Å². The van der Waals surface area contributed by atoms with E-state index in [0.717, 1.165) is 16.8 Å². The highest BCUT2D eigenvalue weighted by Crippen LogP contribution is 2.32. The number of carbonyl (C=O) groups excluding carboxylic acids is 2. The van der Waals surface area contributed by atoms with E-state index >= 15 is 0 Å². The summed E-state index contributed by atoms with van der Waals surface area (Å²) < 4.78 is 12.5. The molecule has 9 nitrogen and oxygen atoms in total. The van der Waals surface area contributed by atoms with Gasteiger partial charge >= 0.3 is 6.09 Å². The van der Waals surface area contributed by atoms with Crippen molar-refractivity contribution in [2.75, 3.05) is 12.4 Å². The van der Waals surface area contributed by atoms with Crippen LogP contribution in [0.1, 0.15) is 26.3 Å². The SMILES string of the molecule is COc1ccccc1-c1csc2nc(NC(=O)C(Cc3ccccc3)NC(=O)OC(C)(C)C)nn12. The summed E-state index contributed by atoms with van der Waals surface area (Å²) in [5.41, 5.74) is 1.85. The predicted molar refractivity (Wildman–Crippen MR) is 135 cm³/mol. The first-order chi connectivity index (χ1) is 16.7. The quantitative estimate of drug-likeness (QED) is 0.391. The van der Waals surface area contributed by atoms with Gasteiger partial charge in [0.25, 0.3) is 5.95 Å². The lowest BCUT2D eigenvalue weighted by Gasteiger charge is -2.23. The van der Waals surface area contributed by atoms with Gasteiger partial charge in [-0.3, -0.25) is 10.1 Å². The number of benzene rings is 2. The summed E-state index contributed by atoms with van der Waals surface area (Å²) in [5, 5.41) is 11.8. The molecule has 4 rings (SSSR count). The summed E-state index contributed by atoms with van der Waals surface area (Å²) in [6.07, 6.45) is -0.397. The van der Waals surface area contributed by atoms with Crippen LogP contribution in [0.25, 0.3) is 16.2 Å². The predicted octanol–water partition coefficient (Wildman–Crippen LogP) is 4.54. The molecule has 0 aliphatic carbocycles. The third-order valence-electron chi connectivity index (χ3n) is 4.99. The van der Waals surface area contributed by atoms with Crippen LogP contribution < -0.4 is 15.4 Å². The maximum absolute atomic E-state index is 13.2. The minimum Gasteiger partial charge on any atom is -0.496 e. The molecular weight excluding hydrogens is 466 g/mol. The Hall–Kier alpha value is -3.92. The van der Waals surface area contributed by atoms with E-state index in [1.54, 1.807) is 32.4 Å². The van der Waals surface area contributed by atoms with E-state index in [4.69, 9.17) is 9.47 Å². The molecule has 4 aromatic rings. The second-order valence-electron chi connectivity index (χ2n) is 8.83. The largest absolute Gasteiger partial charge is 0.496 e. The van der Waals surface area contributed by atoms with Crippen LogP contribution in [0, 0.1) is 0 Å². The molecular formula is C25H27N5O4S. The normalized spacial score (nSPS) is 12.2. The third-order valence-corrected chi connectivity index (χ3v) is 5.81. The van der Waals surface area contributed by atoms with E-state index in [9.17, 15) is 9.59 Å². The number of aromatic nitrogens is 3. The fourth-order valence-corrected chi connectivity index (χ4v) is 4.30. The van der Waals surface area contributed by atoms with Crippen molar-refractivity contribution >= 4 is 34.2 Å². The highest BCUT2D eigenvalue weighted by atomic mass is 32.1. The average molecular weight is 494 g/mol. The topological polar surface area (TPSA) is 107 Å². The van der Waals surface area contributed by atoms with E-state index in [0.29, 0.717) is 10.7 Å². The summed E-state index contributed by atoms with van der Waals surface area (Å²) in [5.74, 6) is 0.400. The average Bonchev–Trinajstić information content (AvgIpc) is 3.38. The number of anilines is 1. The van der Waals surface area contributed by atoms with Crippen molar-refractivity contribution in [2.24, 2.45) is 0 Å². The second-order valence-corrected chi connectivity index (χ2v) is 9.67. The molecule has 0 aliphatic rings. The zero-order valence-electron chi connectivity index (χ0n) is 19.9. The molecule has 10 heteroatoms. The molecule has 0 spiro atoms. The molecule has 2 heterocycles. The van der Waals surface area contributed by atoms with Crippen LogP contribution in [0.15, 0.2) is 60.0 Å². The lowest BCUT2D eigenvalue weighted by molar-refractivity contribution is -0.118. The molecule has 0 radical (unpaired) electrons. The summed E-state index contributed by atoms with van der Waals surface area (Å²) in [6.45, 7) is 5.29. The number of hydrogen-bond acceptors (Lipinski definition) is 7. The Morgan fingerprint density at radius 1 is 1.09 bits per heavy atom. The fraction of sp³-hybridized carbons (Fsp3) is 0.280. The van der Waals surface area contributed by atoms with Gasteiger partial charge in [0.15, 0.2) is 0 Å². The van der Waals surface area contributed by atoms with Crippen LogP contribution in [0.2, 0.25) is 0 Å². The van der Waals surface area contributed by atoms with Gasteiger partial charge in [0.1, 0.15) is 17.4 Å². The Kier molecular flexibility index (Phi) is 7.02. The smallest absolute Gasteiger partial charge is 0.408 e. The zero-order chi connectivity index (χ0) is 25.0. The summed E-state index contributed by atoms with van der Waals surface area (Å²) in [6, 6.07) is 16.1. The first-order valence-corrected chi connectivity index (χ1v) is 11.9. The van der Waals surface area contributed by atoms with Crippen molar-refractivity contribution in [3.05, 3.63) is 65.5 Å².